The van der Waals surface area contributed by atoms with Crippen molar-refractivity contribution in [2.45, 2.75) is 59.5 Å². The summed E-state index contributed by atoms with van der Waals surface area (Å²) < 4.78 is 13.5. The molecule has 1 rings (SSSR count). The van der Waals surface area contributed by atoms with Crippen LogP contribution in [-0.4, -0.2) is 19.1 Å². The third kappa shape index (κ3) is 4.78. The van der Waals surface area contributed by atoms with Crippen LogP contribution >= 0.6 is 0 Å². The molecule has 0 bridgehead atoms. The molecule has 1 N–H and O–H groups in total. The van der Waals surface area contributed by atoms with Crippen LogP contribution in [0.1, 0.15) is 52.5 Å². The molecule has 3 heteroatoms. The highest BCUT2D eigenvalue weighted by Crippen LogP contribution is 2.25. The lowest BCUT2D eigenvalue weighted by atomic mass is 10.1. The monoisotopic (exact) mass is 280 g/mol. The molecule has 1 aromatic rings. The number of halogens is 1. The fraction of sp³-hybridized carbons (Fsp3) is 0.647. The summed E-state index contributed by atoms with van der Waals surface area (Å²) in [6, 6.07) is 5.65. The zero-order valence-corrected chi connectivity index (χ0v) is 13.4. The number of nitrogens with zero attached hydrogens (tertiary/aromatic N) is 1. The van der Waals surface area contributed by atoms with Gasteiger partial charge in [-0.1, -0.05) is 27.2 Å². The van der Waals surface area contributed by atoms with Crippen LogP contribution in [0.3, 0.4) is 0 Å². The molecule has 0 spiro atoms. The zero-order chi connectivity index (χ0) is 15.0. The van der Waals surface area contributed by atoms with Crippen LogP contribution in [0.15, 0.2) is 18.2 Å². The number of nitrogens with one attached hydrogen (secondary N) is 1. The zero-order valence-electron chi connectivity index (χ0n) is 13.4. The van der Waals surface area contributed by atoms with E-state index in [4.69, 9.17) is 0 Å². The largest absolute Gasteiger partial charge is 0.369 e. The number of benzene rings is 1. The van der Waals surface area contributed by atoms with Gasteiger partial charge in [0.15, 0.2) is 0 Å². The highest BCUT2D eigenvalue weighted by atomic mass is 19.1. The van der Waals surface area contributed by atoms with Gasteiger partial charge in [-0.05, 0) is 50.1 Å². The first-order valence-electron chi connectivity index (χ1n) is 7.89. The maximum absolute atomic E-state index is 13.5. The van der Waals surface area contributed by atoms with Crippen molar-refractivity contribution in [1.82, 2.24) is 5.32 Å². The molecule has 0 aliphatic carbocycles. The normalized spacial score (nSPS) is 12.4. The second-order valence-corrected chi connectivity index (χ2v) is 5.36. The van der Waals surface area contributed by atoms with E-state index in [2.05, 4.69) is 37.9 Å². The van der Waals surface area contributed by atoms with Crippen molar-refractivity contribution in [3.8, 4) is 0 Å². The van der Waals surface area contributed by atoms with Crippen LogP contribution in [0, 0.1) is 5.82 Å². The molecule has 0 saturated carbocycles. The first-order chi connectivity index (χ1) is 9.63. The number of rotatable bonds is 9. The molecule has 1 aromatic carbocycles. The van der Waals surface area contributed by atoms with Gasteiger partial charge in [0.05, 0.1) is 0 Å². The summed E-state index contributed by atoms with van der Waals surface area (Å²) >= 11 is 0. The number of unbranched alkanes of at least 4 members (excludes halogenated alkanes) is 1. The summed E-state index contributed by atoms with van der Waals surface area (Å²) in [5.41, 5.74) is 2.23. The highest BCUT2D eigenvalue weighted by Gasteiger charge is 2.16. The van der Waals surface area contributed by atoms with Crippen molar-refractivity contribution in [3.05, 3.63) is 29.6 Å². The predicted octanol–water partition coefficient (Wildman–Crippen LogP) is 4.34. The molecule has 0 aromatic heterocycles. The van der Waals surface area contributed by atoms with Gasteiger partial charge in [-0.25, -0.2) is 4.39 Å². The molecule has 2 nitrogen and oxygen atoms in total. The molecule has 0 aliphatic rings. The van der Waals surface area contributed by atoms with Crippen LogP contribution in [0.2, 0.25) is 0 Å². The van der Waals surface area contributed by atoms with Crippen LogP contribution in [0.25, 0.3) is 0 Å². The summed E-state index contributed by atoms with van der Waals surface area (Å²) in [5, 5.41) is 3.31. The van der Waals surface area contributed by atoms with Gasteiger partial charge in [-0.15, -0.1) is 0 Å². The minimum absolute atomic E-state index is 0.152. The first kappa shape index (κ1) is 17.0. The van der Waals surface area contributed by atoms with Crippen LogP contribution in [0.5, 0.6) is 0 Å². The molecule has 1 unspecified atom stereocenters. The number of anilines is 1. The van der Waals surface area contributed by atoms with Gasteiger partial charge in [0.2, 0.25) is 0 Å². The summed E-state index contributed by atoms with van der Waals surface area (Å²) in [5.74, 6) is -0.152. The van der Waals surface area contributed by atoms with E-state index < -0.39 is 0 Å². The number of hydrogen-bond donors (Lipinski definition) is 1. The van der Waals surface area contributed by atoms with Crippen LogP contribution in [-0.2, 0) is 6.54 Å². The molecule has 0 amide bonds. The number of hydrogen-bond acceptors (Lipinski definition) is 2. The molecule has 0 saturated heterocycles. The van der Waals surface area contributed by atoms with Crippen LogP contribution < -0.4 is 10.2 Å². The minimum Gasteiger partial charge on any atom is -0.369 e. The van der Waals surface area contributed by atoms with Gasteiger partial charge in [0, 0.05) is 24.8 Å². The van der Waals surface area contributed by atoms with Crippen molar-refractivity contribution in [2.75, 3.05) is 18.0 Å². The minimum atomic E-state index is -0.152. The molecular weight excluding hydrogens is 251 g/mol. The third-order valence-corrected chi connectivity index (χ3v) is 3.79. The van der Waals surface area contributed by atoms with Gasteiger partial charge in [0.1, 0.15) is 5.82 Å². The maximum Gasteiger partial charge on any atom is 0.123 e. The van der Waals surface area contributed by atoms with Crippen molar-refractivity contribution < 1.29 is 4.39 Å². The van der Waals surface area contributed by atoms with E-state index in [9.17, 15) is 4.39 Å². The lowest BCUT2D eigenvalue weighted by Gasteiger charge is -2.32. The smallest absolute Gasteiger partial charge is 0.123 e. The Morgan fingerprint density at radius 2 is 2.00 bits per heavy atom. The van der Waals surface area contributed by atoms with E-state index in [1.54, 1.807) is 12.1 Å². The van der Waals surface area contributed by atoms with Crippen molar-refractivity contribution in [1.29, 1.82) is 0 Å². The average Bonchev–Trinajstić information content (AvgIpc) is 2.46. The Balaban J connectivity index is 3.03. The van der Waals surface area contributed by atoms with Crippen molar-refractivity contribution in [3.63, 3.8) is 0 Å². The lowest BCUT2D eigenvalue weighted by molar-refractivity contribution is 0.586. The fourth-order valence-electron chi connectivity index (χ4n) is 2.36. The average molecular weight is 280 g/mol. The molecule has 114 valence electrons. The van der Waals surface area contributed by atoms with E-state index in [-0.39, 0.29) is 5.82 Å². The van der Waals surface area contributed by atoms with Gasteiger partial charge in [0.25, 0.3) is 0 Å². The second kappa shape index (κ2) is 8.96. The van der Waals surface area contributed by atoms with E-state index in [0.29, 0.717) is 6.04 Å². The Labute approximate surface area is 123 Å². The van der Waals surface area contributed by atoms with E-state index in [1.807, 2.05) is 6.07 Å². The quantitative estimate of drug-likeness (QED) is 0.724. The molecular formula is C17H29FN2. The molecule has 0 heterocycles. The Hall–Kier alpha value is -1.09. The fourth-order valence-corrected chi connectivity index (χ4v) is 2.36. The highest BCUT2D eigenvalue weighted by molar-refractivity contribution is 5.54. The van der Waals surface area contributed by atoms with E-state index >= 15 is 0 Å². The third-order valence-electron chi connectivity index (χ3n) is 3.79. The Bertz CT molecular complexity index is 393. The van der Waals surface area contributed by atoms with Gasteiger partial charge >= 0.3 is 0 Å². The molecule has 0 aliphatic heterocycles. The Kier molecular flexibility index (Phi) is 7.60. The predicted molar refractivity (Wildman–Crippen MR) is 85.8 cm³/mol. The van der Waals surface area contributed by atoms with Crippen molar-refractivity contribution >= 4 is 5.69 Å². The SMILES string of the molecule is CCCCN(c1ccc(F)cc1CNCC)C(C)CC. The standard InChI is InChI=1S/C17H29FN2/c1-5-8-11-20(14(4)6-2)17-10-9-16(18)12-15(17)13-19-7-3/h9-10,12,14,19H,5-8,11,13H2,1-4H3. The molecule has 1 atom stereocenters. The summed E-state index contributed by atoms with van der Waals surface area (Å²) in [7, 11) is 0. The maximum atomic E-state index is 13.5. The van der Waals surface area contributed by atoms with Gasteiger partial charge in [-0.3, -0.25) is 0 Å². The summed E-state index contributed by atoms with van der Waals surface area (Å²) in [6.07, 6.45) is 3.45. The molecule has 0 fully saturated rings. The topological polar surface area (TPSA) is 15.3 Å². The first-order valence-corrected chi connectivity index (χ1v) is 7.89. The summed E-state index contributed by atoms with van der Waals surface area (Å²) in [6.45, 7) is 11.4. The van der Waals surface area contributed by atoms with Gasteiger partial charge in [-0.2, -0.15) is 0 Å². The van der Waals surface area contributed by atoms with Crippen molar-refractivity contribution in [2.24, 2.45) is 0 Å². The summed E-state index contributed by atoms with van der Waals surface area (Å²) in [4.78, 5) is 2.43. The van der Waals surface area contributed by atoms with E-state index in [1.165, 1.54) is 18.5 Å². The Morgan fingerprint density at radius 3 is 2.60 bits per heavy atom. The van der Waals surface area contributed by atoms with E-state index in [0.717, 1.165) is 31.6 Å². The molecule has 0 radical (unpaired) electrons. The Morgan fingerprint density at radius 1 is 1.25 bits per heavy atom. The molecule has 20 heavy (non-hydrogen) atoms. The lowest BCUT2D eigenvalue weighted by Crippen LogP contribution is -2.34. The van der Waals surface area contributed by atoms with Gasteiger partial charge < -0.3 is 10.2 Å². The van der Waals surface area contributed by atoms with Crippen LogP contribution in [0.4, 0.5) is 10.1 Å². The second-order valence-electron chi connectivity index (χ2n) is 5.36.